The largest absolute Gasteiger partial charge is 0.355 e. The van der Waals surface area contributed by atoms with Gasteiger partial charge < -0.3 is 15.2 Å². The van der Waals surface area contributed by atoms with Gasteiger partial charge in [-0.25, -0.2) is 4.39 Å². The number of nitrogens with one attached hydrogen (secondary N) is 2. The lowest BCUT2D eigenvalue weighted by Crippen LogP contribution is -2.32. The zero-order valence-electron chi connectivity index (χ0n) is 14.2. The second kappa shape index (κ2) is 6.29. The van der Waals surface area contributed by atoms with Gasteiger partial charge in [-0.2, -0.15) is 0 Å². The predicted octanol–water partition coefficient (Wildman–Crippen LogP) is 2.79. The minimum Gasteiger partial charge on any atom is -0.355 e. The van der Waals surface area contributed by atoms with Crippen molar-refractivity contribution >= 4 is 28.4 Å². The number of carbonyl (C=O) groups excluding carboxylic acids is 2. The van der Waals surface area contributed by atoms with Gasteiger partial charge in [-0.05, 0) is 35.2 Å². The van der Waals surface area contributed by atoms with E-state index in [2.05, 4.69) is 10.6 Å². The number of para-hydroxylation sites is 1. The summed E-state index contributed by atoms with van der Waals surface area (Å²) in [7, 11) is 1.95. The standard InChI is InChI=1S/C20H18FN3O2/c1-24-9-8-12-6-7-13(10-17(12)24)14-11-22-19(25)18(14)20(26)23-16-5-3-2-4-15(16)21/h2-10,14,18H,11H2,1H3,(H,22,25)(H,23,26)/t14-,18-/m1/s1. The second-order valence-corrected chi connectivity index (χ2v) is 6.54. The third-order valence-corrected chi connectivity index (χ3v) is 4.94. The molecule has 1 aliphatic rings. The van der Waals surface area contributed by atoms with E-state index >= 15 is 0 Å². The molecule has 5 nitrogen and oxygen atoms in total. The first-order valence-corrected chi connectivity index (χ1v) is 8.42. The van der Waals surface area contributed by atoms with Crippen LogP contribution in [0.1, 0.15) is 11.5 Å². The van der Waals surface area contributed by atoms with Crippen molar-refractivity contribution in [2.75, 3.05) is 11.9 Å². The summed E-state index contributed by atoms with van der Waals surface area (Å²) in [5.41, 5.74) is 2.02. The molecule has 4 rings (SSSR count). The lowest BCUT2D eigenvalue weighted by molar-refractivity contribution is -0.130. The Bertz CT molecular complexity index is 1010. The van der Waals surface area contributed by atoms with E-state index in [9.17, 15) is 14.0 Å². The molecule has 1 saturated heterocycles. The van der Waals surface area contributed by atoms with E-state index < -0.39 is 17.6 Å². The van der Waals surface area contributed by atoms with Crippen LogP contribution in [0.25, 0.3) is 10.9 Å². The highest BCUT2D eigenvalue weighted by Gasteiger charge is 2.41. The maximum atomic E-state index is 13.8. The third kappa shape index (κ3) is 2.73. The maximum Gasteiger partial charge on any atom is 0.237 e. The Labute approximate surface area is 149 Å². The summed E-state index contributed by atoms with van der Waals surface area (Å²) in [6.45, 7) is 0.379. The summed E-state index contributed by atoms with van der Waals surface area (Å²) < 4.78 is 15.8. The topological polar surface area (TPSA) is 63.1 Å². The molecule has 0 saturated carbocycles. The van der Waals surface area contributed by atoms with Crippen LogP contribution in [0.2, 0.25) is 0 Å². The normalized spacial score (nSPS) is 19.5. The van der Waals surface area contributed by atoms with E-state index in [0.717, 1.165) is 16.5 Å². The van der Waals surface area contributed by atoms with Crippen molar-refractivity contribution in [3.05, 3.63) is 66.1 Å². The zero-order valence-corrected chi connectivity index (χ0v) is 14.2. The molecular weight excluding hydrogens is 333 g/mol. The Morgan fingerprint density at radius 1 is 1.23 bits per heavy atom. The van der Waals surface area contributed by atoms with Crippen molar-refractivity contribution in [3.63, 3.8) is 0 Å². The summed E-state index contributed by atoms with van der Waals surface area (Å²) in [6.07, 6.45) is 1.97. The summed E-state index contributed by atoms with van der Waals surface area (Å²) >= 11 is 0. The van der Waals surface area contributed by atoms with Crippen molar-refractivity contribution in [2.45, 2.75) is 5.92 Å². The number of halogens is 1. The SMILES string of the molecule is Cn1ccc2ccc([C@H]3CNC(=O)[C@@H]3C(=O)Nc3ccccc3F)cc21. The van der Waals surface area contributed by atoms with E-state index in [0.29, 0.717) is 6.54 Å². The van der Waals surface area contributed by atoms with Gasteiger partial charge in [-0.3, -0.25) is 9.59 Å². The number of rotatable bonds is 3. The van der Waals surface area contributed by atoms with Crippen LogP contribution in [-0.4, -0.2) is 22.9 Å². The van der Waals surface area contributed by atoms with E-state index in [1.165, 1.54) is 12.1 Å². The summed E-state index contributed by atoms with van der Waals surface area (Å²) in [5, 5.41) is 6.40. The van der Waals surface area contributed by atoms with Crippen LogP contribution in [0.15, 0.2) is 54.7 Å². The molecule has 0 radical (unpaired) electrons. The minimum atomic E-state index is -0.896. The van der Waals surface area contributed by atoms with Crippen LogP contribution in [0.5, 0.6) is 0 Å². The van der Waals surface area contributed by atoms with Crippen molar-refractivity contribution in [1.82, 2.24) is 9.88 Å². The highest BCUT2D eigenvalue weighted by Crippen LogP contribution is 2.32. The van der Waals surface area contributed by atoms with Crippen molar-refractivity contribution in [1.29, 1.82) is 0 Å². The predicted molar refractivity (Wildman–Crippen MR) is 97.2 cm³/mol. The van der Waals surface area contributed by atoms with Gasteiger partial charge in [0, 0.05) is 31.2 Å². The second-order valence-electron chi connectivity index (χ2n) is 6.54. The summed E-state index contributed by atoms with van der Waals surface area (Å²) in [6, 6.07) is 13.9. The Kier molecular flexibility index (Phi) is 3.95. The highest BCUT2D eigenvalue weighted by molar-refractivity contribution is 6.08. The molecule has 2 atom stereocenters. The average Bonchev–Trinajstić information content (AvgIpc) is 3.20. The molecule has 0 bridgehead atoms. The fraction of sp³-hybridized carbons (Fsp3) is 0.200. The van der Waals surface area contributed by atoms with Crippen LogP contribution < -0.4 is 10.6 Å². The molecule has 2 N–H and O–H groups in total. The van der Waals surface area contributed by atoms with Crippen LogP contribution in [-0.2, 0) is 16.6 Å². The van der Waals surface area contributed by atoms with Crippen LogP contribution in [0.3, 0.4) is 0 Å². The molecule has 2 aromatic carbocycles. The molecule has 132 valence electrons. The molecule has 26 heavy (non-hydrogen) atoms. The van der Waals surface area contributed by atoms with Crippen LogP contribution >= 0.6 is 0 Å². The van der Waals surface area contributed by atoms with E-state index in [1.54, 1.807) is 12.1 Å². The highest BCUT2D eigenvalue weighted by atomic mass is 19.1. The number of aromatic nitrogens is 1. The Morgan fingerprint density at radius 2 is 2.04 bits per heavy atom. The average molecular weight is 351 g/mol. The molecular formula is C20H18FN3O2. The number of carbonyl (C=O) groups is 2. The Hall–Kier alpha value is -3.15. The van der Waals surface area contributed by atoms with Gasteiger partial charge in [-0.15, -0.1) is 0 Å². The monoisotopic (exact) mass is 351 g/mol. The van der Waals surface area contributed by atoms with Gasteiger partial charge in [0.1, 0.15) is 11.7 Å². The van der Waals surface area contributed by atoms with Gasteiger partial charge in [0.15, 0.2) is 0 Å². The lowest BCUT2D eigenvalue weighted by atomic mass is 9.87. The van der Waals surface area contributed by atoms with Crippen LogP contribution in [0, 0.1) is 11.7 Å². The van der Waals surface area contributed by atoms with Crippen molar-refractivity contribution in [2.24, 2.45) is 13.0 Å². The zero-order chi connectivity index (χ0) is 18.3. The first-order valence-electron chi connectivity index (χ1n) is 8.42. The molecule has 0 spiro atoms. The van der Waals surface area contributed by atoms with Crippen molar-refractivity contribution < 1.29 is 14.0 Å². The molecule has 3 aromatic rings. The first-order chi connectivity index (χ1) is 12.5. The van der Waals surface area contributed by atoms with Gasteiger partial charge in [0.25, 0.3) is 0 Å². The van der Waals surface area contributed by atoms with E-state index in [4.69, 9.17) is 0 Å². The molecule has 1 aromatic heterocycles. The number of benzene rings is 2. The molecule has 2 amide bonds. The number of anilines is 1. The number of hydrogen-bond donors (Lipinski definition) is 2. The molecule has 0 aliphatic carbocycles. The fourth-order valence-corrected chi connectivity index (χ4v) is 3.52. The smallest absolute Gasteiger partial charge is 0.237 e. The first kappa shape index (κ1) is 16.3. The maximum absolute atomic E-state index is 13.8. The Balaban J connectivity index is 1.65. The van der Waals surface area contributed by atoms with E-state index in [1.807, 2.05) is 42.1 Å². The van der Waals surface area contributed by atoms with Crippen LogP contribution in [0.4, 0.5) is 10.1 Å². The number of fused-ring (bicyclic) bond motifs is 1. The number of nitrogens with zero attached hydrogens (tertiary/aromatic N) is 1. The summed E-state index contributed by atoms with van der Waals surface area (Å²) in [4.78, 5) is 25.0. The number of amides is 2. The summed E-state index contributed by atoms with van der Waals surface area (Å²) in [5.74, 6) is -2.56. The Morgan fingerprint density at radius 3 is 2.85 bits per heavy atom. The fourth-order valence-electron chi connectivity index (χ4n) is 3.52. The number of hydrogen-bond acceptors (Lipinski definition) is 2. The third-order valence-electron chi connectivity index (χ3n) is 4.94. The quantitative estimate of drug-likeness (QED) is 0.713. The van der Waals surface area contributed by atoms with Crippen molar-refractivity contribution in [3.8, 4) is 0 Å². The van der Waals surface area contributed by atoms with Gasteiger partial charge in [-0.1, -0.05) is 24.3 Å². The van der Waals surface area contributed by atoms with Gasteiger partial charge in [0.2, 0.25) is 11.8 Å². The number of aryl methyl sites for hydroxylation is 1. The molecule has 6 heteroatoms. The minimum absolute atomic E-state index is 0.0776. The molecule has 1 fully saturated rings. The van der Waals surface area contributed by atoms with Gasteiger partial charge >= 0.3 is 0 Å². The lowest BCUT2D eigenvalue weighted by Gasteiger charge is -2.17. The molecule has 0 unspecified atom stereocenters. The van der Waals surface area contributed by atoms with Gasteiger partial charge in [0.05, 0.1) is 5.69 Å². The molecule has 1 aliphatic heterocycles. The molecule has 2 heterocycles. The van der Waals surface area contributed by atoms with E-state index in [-0.39, 0.29) is 17.5 Å².